The number of aromatic nitrogens is 1. The third-order valence-corrected chi connectivity index (χ3v) is 3.56. The predicted octanol–water partition coefficient (Wildman–Crippen LogP) is 3.51. The molecule has 1 amide bonds. The molecule has 0 aliphatic heterocycles. The van der Waals surface area contributed by atoms with Crippen LogP contribution in [0, 0.1) is 10.1 Å². The maximum atomic E-state index is 12.6. The number of alkyl halides is 3. The number of rotatable bonds is 6. The number of nitro benzene ring substituents is 1. The smallest absolute Gasteiger partial charge is 0.379 e. The standard InChI is InChI=1S/C13H11F3N4O3S/c14-13(15,16)8-1-2-9(10(7-8)20(22)23)17-4-3-11(21)19-12-18-5-6-24-12/h1-2,5-7,17H,3-4H2,(H,18,19,21). The highest BCUT2D eigenvalue weighted by atomic mass is 32.1. The minimum Gasteiger partial charge on any atom is -0.379 e. The van der Waals surface area contributed by atoms with Crippen LogP contribution in [0.2, 0.25) is 0 Å². The summed E-state index contributed by atoms with van der Waals surface area (Å²) >= 11 is 1.23. The number of nitro groups is 1. The zero-order valence-corrected chi connectivity index (χ0v) is 12.8. The van der Waals surface area contributed by atoms with Crippen molar-refractivity contribution in [2.45, 2.75) is 12.6 Å². The number of nitrogens with zero attached hydrogens (tertiary/aromatic N) is 2. The molecule has 1 aromatic carbocycles. The molecule has 0 saturated heterocycles. The van der Waals surface area contributed by atoms with Crippen molar-refractivity contribution in [3.05, 3.63) is 45.5 Å². The molecular formula is C13H11F3N4O3S. The van der Waals surface area contributed by atoms with Gasteiger partial charge >= 0.3 is 6.18 Å². The molecule has 2 rings (SSSR count). The summed E-state index contributed by atoms with van der Waals surface area (Å²) in [4.78, 5) is 25.5. The summed E-state index contributed by atoms with van der Waals surface area (Å²) in [5.41, 5.74) is -1.90. The van der Waals surface area contributed by atoms with Crippen molar-refractivity contribution in [2.75, 3.05) is 17.2 Å². The summed E-state index contributed by atoms with van der Waals surface area (Å²) in [5.74, 6) is -0.369. The average Bonchev–Trinajstić information content (AvgIpc) is 2.99. The average molecular weight is 360 g/mol. The van der Waals surface area contributed by atoms with E-state index in [1.807, 2.05) is 0 Å². The Morgan fingerprint density at radius 3 is 2.71 bits per heavy atom. The molecule has 0 radical (unpaired) electrons. The van der Waals surface area contributed by atoms with E-state index in [1.54, 1.807) is 5.38 Å². The maximum absolute atomic E-state index is 12.6. The molecule has 0 aliphatic rings. The van der Waals surface area contributed by atoms with Gasteiger partial charge in [-0.1, -0.05) is 0 Å². The van der Waals surface area contributed by atoms with Crippen LogP contribution in [0.5, 0.6) is 0 Å². The molecule has 2 N–H and O–H groups in total. The molecule has 11 heteroatoms. The first-order valence-electron chi connectivity index (χ1n) is 6.56. The summed E-state index contributed by atoms with van der Waals surface area (Å²) in [6.45, 7) is 0.0173. The molecule has 0 spiro atoms. The van der Waals surface area contributed by atoms with Crippen molar-refractivity contribution in [2.24, 2.45) is 0 Å². The van der Waals surface area contributed by atoms with Gasteiger partial charge in [-0.05, 0) is 12.1 Å². The first-order chi connectivity index (χ1) is 11.3. The third-order valence-electron chi connectivity index (χ3n) is 2.87. The van der Waals surface area contributed by atoms with E-state index in [2.05, 4.69) is 15.6 Å². The topological polar surface area (TPSA) is 97.2 Å². The number of hydrogen-bond acceptors (Lipinski definition) is 6. The molecule has 0 aliphatic carbocycles. The molecule has 0 unspecified atom stereocenters. The minimum absolute atomic E-state index is 0.0173. The van der Waals surface area contributed by atoms with Crippen LogP contribution in [0.1, 0.15) is 12.0 Å². The normalized spacial score (nSPS) is 11.1. The lowest BCUT2D eigenvalue weighted by Crippen LogP contribution is -2.16. The number of carbonyl (C=O) groups excluding carboxylic acids is 1. The van der Waals surface area contributed by atoms with Crippen LogP contribution < -0.4 is 10.6 Å². The van der Waals surface area contributed by atoms with Gasteiger partial charge in [0.1, 0.15) is 5.69 Å². The van der Waals surface area contributed by atoms with E-state index < -0.39 is 22.4 Å². The fourth-order valence-electron chi connectivity index (χ4n) is 1.79. The van der Waals surface area contributed by atoms with Gasteiger partial charge in [-0.3, -0.25) is 14.9 Å². The van der Waals surface area contributed by atoms with Crippen LogP contribution in [-0.2, 0) is 11.0 Å². The highest BCUT2D eigenvalue weighted by molar-refractivity contribution is 7.13. The van der Waals surface area contributed by atoms with E-state index in [1.165, 1.54) is 17.5 Å². The van der Waals surface area contributed by atoms with Gasteiger partial charge in [0.2, 0.25) is 5.91 Å². The number of nitrogens with one attached hydrogen (secondary N) is 2. The largest absolute Gasteiger partial charge is 0.416 e. The van der Waals surface area contributed by atoms with Gasteiger partial charge in [0.15, 0.2) is 5.13 Å². The zero-order chi connectivity index (χ0) is 17.7. The van der Waals surface area contributed by atoms with Crippen molar-refractivity contribution in [3.63, 3.8) is 0 Å². The van der Waals surface area contributed by atoms with Crippen LogP contribution in [0.4, 0.5) is 29.7 Å². The second kappa shape index (κ2) is 7.25. The van der Waals surface area contributed by atoms with Crippen molar-refractivity contribution in [1.29, 1.82) is 0 Å². The van der Waals surface area contributed by atoms with E-state index in [9.17, 15) is 28.1 Å². The molecular weight excluding hydrogens is 349 g/mol. The van der Waals surface area contributed by atoms with E-state index in [4.69, 9.17) is 0 Å². The molecule has 0 atom stereocenters. The number of benzene rings is 1. The Bertz CT molecular complexity index is 735. The van der Waals surface area contributed by atoms with Crippen LogP contribution in [0.15, 0.2) is 29.8 Å². The summed E-state index contributed by atoms with van der Waals surface area (Å²) in [6.07, 6.45) is -3.18. The van der Waals surface area contributed by atoms with Crippen LogP contribution >= 0.6 is 11.3 Å². The monoisotopic (exact) mass is 360 g/mol. The van der Waals surface area contributed by atoms with E-state index in [-0.39, 0.29) is 24.6 Å². The van der Waals surface area contributed by atoms with E-state index in [0.717, 1.165) is 12.1 Å². The highest BCUT2D eigenvalue weighted by Crippen LogP contribution is 2.34. The van der Waals surface area contributed by atoms with Crippen molar-refractivity contribution in [1.82, 2.24) is 4.98 Å². The second-order valence-electron chi connectivity index (χ2n) is 4.55. The second-order valence-corrected chi connectivity index (χ2v) is 5.44. The molecule has 7 nitrogen and oxygen atoms in total. The van der Waals surface area contributed by atoms with Crippen LogP contribution in [0.3, 0.4) is 0 Å². The molecule has 0 fully saturated rings. The number of halogens is 3. The summed E-state index contributed by atoms with van der Waals surface area (Å²) in [6, 6.07) is 2.17. The number of carbonyl (C=O) groups is 1. The fourth-order valence-corrected chi connectivity index (χ4v) is 2.33. The minimum atomic E-state index is -4.67. The van der Waals surface area contributed by atoms with Gasteiger partial charge in [-0.2, -0.15) is 13.2 Å². The van der Waals surface area contributed by atoms with Gasteiger partial charge in [-0.15, -0.1) is 11.3 Å². The van der Waals surface area contributed by atoms with Crippen molar-refractivity contribution >= 4 is 33.8 Å². The Kier molecular flexibility index (Phi) is 5.34. The Labute approximate surface area is 137 Å². The third kappa shape index (κ3) is 4.65. The highest BCUT2D eigenvalue weighted by Gasteiger charge is 2.33. The van der Waals surface area contributed by atoms with Gasteiger partial charge in [0, 0.05) is 30.6 Å². The quantitative estimate of drug-likeness (QED) is 0.607. The van der Waals surface area contributed by atoms with Crippen molar-refractivity contribution < 1.29 is 22.9 Å². The molecule has 1 aromatic heterocycles. The maximum Gasteiger partial charge on any atom is 0.416 e. The SMILES string of the molecule is O=C(CCNc1ccc(C(F)(F)F)cc1[N+](=O)[O-])Nc1nccs1. The number of thiazole rings is 1. The van der Waals surface area contributed by atoms with Gasteiger partial charge in [0.25, 0.3) is 5.69 Å². The van der Waals surface area contributed by atoms with Gasteiger partial charge in [-0.25, -0.2) is 4.98 Å². The molecule has 1 heterocycles. The molecule has 0 saturated carbocycles. The van der Waals surface area contributed by atoms with E-state index >= 15 is 0 Å². The summed E-state index contributed by atoms with van der Waals surface area (Å²) < 4.78 is 37.8. The number of anilines is 2. The fraction of sp³-hybridized carbons (Fsp3) is 0.231. The molecule has 2 aromatic rings. The Morgan fingerprint density at radius 2 is 2.12 bits per heavy atom. The Hall–Kier alpha value is -2.69. The van der Waals surface area contributed by atoms with Crippen molar-refractivity contribution in [3.8, 4) is 0 Å². The van der Waals surface area contributed by atoms with Crippen LogP contribution in [0.25, 0.3) is 0 Å². The Morgan fingerprint density at radius 1 is 1.38 bits per heavy atom. The van der Waals surface area contributed by atoms with Crippen LogP contribution in [-0.4, -0.2) is 22.4 Å². The summed E-state index contributed by atoms with van der Waals surface area (Å²) in [7, 11) is 0. The van der Waals surface area contributed by atoms with Gasteiger partial charge in [0.05, 0.1) is 10.5 Å². The lowest BCUT2D eigenvalue weighted by atomic mass is 10.1. The lowest BCUT2D eigenvalue weighted by molar-refractivity contribution is -0.384. The first kappa shape index (κ1) is 17.7. The van der Waals surface area contributed by atoms with Gasteiger partial charge < -0.3 is 10.6 Å². The molecule has 128 valence electrons. The number of amides is 1. The predicted molar refractivity (Wildman–Crippen MR) is 81.9 cm³/mol. The number of hydrogen-bond donors (Lipinski definition) is 2. The molecule has 0 bridgehead atoms. The molecule has 24 heavy (non-hydrogen) atoms. The Balaban J connectivity index is 1.99. The first-order valence-corrected chi connectivity index (χ1v) is 7.44. The van der Waals surface area contributed by atoms with E-state index in [0.29, 0.717) is 11.2 Å². The summed E-state index contributed by atoms with van der Waals surface area (Å²) in [5, 5.41) is 18.1. The lowest BCUT2D eigenvalue weighted by Gasteiger charge is -2.10. The zero-order valence-electron chi connectivity index (χ0n) is 12.0.